The molecule has 0 aromatic carbocycles. The summed E-state index contributed by atoms with van der Waals surface area (Å²) in [6.07, 6.45) is 6.31. The number of thiazole rings is 1. The summed E-state index contributed by atoms with van der Waals surface area (Å²) in [7, 11) is 0. The number of fused-ring (bicyclic) bond motifs is 2. The lowest BCUT2D eigenvalue weighted by molar-refractivity contribution is -0.125. The van der Waals surface area contributed by atoms with Crippen LogP contribution in [0.4, 0.5) is 5.13 Å². The minimum Gasteiger partial charge on any atom is -0.356 e. The second kappa shape index (κ2) is 8.23. The van der Waals surface area contributed by atoms with Crippen LogP contribution in [0, 0.1) is 23.2 Å². The van der Waals surface area contributed by atoms with E-state index in [0.29, 0.717) is 45.6 Å². The number of carbonyl (C=O) groups is 3. The highest BCUT2D eigenvalue weighted by molar-refractivity contribution is 7.17. The van der Waals surface area contributed by atoms with E-state index in [9.17, 15) is 14.4 Å². The van der Waals surface area contributed by atoms with Crippen molar-refractivity contribution in [1.82, 2.24) is 10.3 Å². The Kier molecular flexibility index (Phi) is 5.53. The molecule has 1 fully saturated rings. The standard InChI is InChI=1S/C24H27N3O3S2/c1-24(2)16-4-3-13(17(24)11-16)5-7-25-21(29)15-9-18-20(19(28)10-15)32-23(26-18)27-22(30)14-6-8-31-12-14/h3,6,8,12,15-17H,4-5,7,9-11H2,1-2H3,(H,25,29)(H,26,27,30)/t15?,16-,17-/m0/s1. The average molecular weight is 470 g/mol. The van der Waals surface area contributed by atoms with Crippen molar-refractivity contribution in [2.45, 2.75) is 46.0 Å². The molecule has 1 saturated carbocycles. The van der Waals surface area contributed by atoms with Crippen molar-refractivity contribution in [2.75, 3.05) is 11.9 Å². The van der Waals surface area contributed by atoms with Gasteiger partial charge in [0, 0.05) is 24.8 Å². The van der Waals surface area contributed by atoms with Crippen LogP contribution in [-0.2, 0) is 11.2 Å². The van der Waals surface area contributed by atoms with E-state index in [0.717, 1.165) is 18.8 Å². The summed E-state index contributed by atoms with van der Waals surface area (Å²) in [5.74, 6) is 0.667. The van der Waals surface area contributed by atoms with Crippen molar-refractivity contribution >= 4 is 45.4 Å². The van der Waals surface area contributed by atoms with Gasteiger partial charge < -0.3 is 5.32 Å². The van der Waals surface area contributed by atoms with Gasteiger partial charge in [0.1, 0.15) is 0 Å². The number of hydrogen-bond donors (Lipinski definition) is 2. The fourth-order valence-corrected chi connectivity index (χ4v) is 6.94. The molecule has 4 aliphatic carbocycles. The molecule has 168 valence electrons. The van der Waals surface area contributed by atoms with Gasteiger partial charge in [-0.15, -0.1) is 0 Å². The zero-order valence-electron chi connectivity index (χ0n) is 18.3. The number of Topliss-reactive ketones (excluding diaryl/α,β-unsaturated/α-hetero) is 1. The molecule has 8 heteroatoms. The van der Waals surface area contributed by atoms with Gasteiger partial charge in [-0.2, -0.15) is 11.3 Å². The van der Waals surface area contributed by atoms with Crippen molar-refractivity contribution in [3.8, 4) is 0 Å². The van der Waals surface area contributed by atoms with Gasteiger partial charge in [-0.05, 0) is 48.0 Å². The summed E-state index contributed by atoms with van der Waals surface area (Å²) in [4.78, 5) is 42.7. The van der Waals surface area contributed by atoms with Gasteiger partial charge in [-0.3, -0.25) is 19.7 Å². The average Bonchev–Trinajstić information content (AvgIpc) is 3.43. The molecule has 2 bridgehead atoms. The molecule has 0 aliphatic heterocycles. The maximum atomic E-state index is 12.8. The lowest BCUT2D eigenvalue weighted by Gasteiger charge is -2.56. The van der Waals surface area contributed by atoms with Gasteiger partial charge >= 0.3 is 0 Å². The summed E-state index contributed by atoms with van der Waals surface area (Å²) >= 11 is 2.64. The Morgan fingerprint density at radius 3 is 2.84 bits per heavy atom. The first-order valence-corrected chi connectivity index (χ1v) is 12.9. The molecular weight excluding hydrogens is 442 g/mol. The second-order valence-corrected chi connectivity index (χ2v) is 11.4. The third-order valence-electron chi connectivity index (χ3n) is 7.49. The minimum atomic E-state index is -0.401. The summed E-state index contributed by atoms with van der Waals surface area (Å²) in [5, 5.41) is 9.83. The first-order chi connectivity index (χ1) is 15.3. The van der Waals surface area contributed by atoms with E-state index in [1.54, 1.807) is 11.4 Å². The Hall–Kier alpha value is -2.32. The quantitative estimate of drug-likeness (QED) is 0.600. The number of rotatable bonds is 6. The number of aromatic nitrogens is 1. The highest BCUT2D eigenvalue weighted by Gasteiger charge is 2.50. The van der Waals surface area contributed by atoms with Crippen LogP contribution in [-0.4, -0.2) is 29.1 Å². The van der Waals surface area contributed by atoms with Gasteiger partial charge in [0.15, 0.2) is 10.9 Å². The summed E-state index contributed by atoms with van der Waals surface area (Å²) < 4.78 is 0. The van der Waals surface area contributed by atoms with Crippen molar-refractivity contribution in [3.63, 3.8) is 0 Å². The summed E-state index contributed by atoms with van der Waals surface area (Å²) in [6.45, 7) is 5.32. The Morgan fingerprint density at radius 2 is 2.12 bits per heavy atom. The van der Waals surface area contributed by atoms with E-state index in [4.69, 9.17) is 0 Å². The van der Waals surface area contributed by atoms with E-state index in [-0.39, 0.29) is 24.0 Å². The molecule has 2 amide bonds. The molecule has 0 radical (unpaired) electrons. The number of hydrogen-bond acceptors (Lipinski definition) is 6. The van der Waals surface area contributed by atoms with Crippen molar-refractivity contribution < 1.29 is 14.4 Å². The monoisotopic (exact) mass is 469 g/mol. The molecule has 32 heavy (non-hydrogen) atoms. The number of carbonyl (C=O) groups excluding carboxylic acids is 3. The van der Waals surface area contributed by atoms with Crippen molar-refractivity contribution in [3.05, 3.63) is 44.6 Å². The third kappa shape index (κ3) is 3.83. The molecular formula is C24H27N3O3S2. The van der Waals surface area contributed by atoms with Gasteiger partial charge in [0.05, 0.1) is 22.1 Å². The number of nitrogens with zero attached hydrogens (tertiary/aromatic N) is 1. The van der Waals surface area contributed by atoms with E-state index >= 15 is 0 Å². The Morgan fingerprint density at radius 1 is 1.28 bits per heavy atom. The van der Waals surface area contributed by atoms with Gasteiger partial charge in [0.2, 0.25) is 5.91 Å². The van der Waals surface area contributed by atoms with Crippen molar-refractivity contribution in [2.24, 2.45) is 23.2 Å². The first kappa shape index (κ1) is 21.5. The summed E-state index contributed by atoms with van der Waals surface area (Å²) in [6, 6.07) is 1.74. The van der Waals surface area contributed by atoms with Crippen molar-refractivity contribution in [1.29, 1.82) is 0 Å². The highest BCUT2D eigenvalue weighted by atomic mass is 32.1. The number of anilines is 1. The van der Waals surface area contributed by atoms with E-state index in [1.807, 2.05) is 5.38 Å². The van der Waals surface area contributed by atoms with Crippen LogP contribution < -0.4 is 10.6 Å². The molecule has 2 N–H and O–H groups in total. The lowest BCUT2D eigenvalue weighted by Crippen LogP contribution is -2.48. The smallest absolute Gasteiger partial charge is 0.258 e. The van der Waals surface area contributed by atoms with Gasteiger partial charge in [0.25, 0.3) is 5.91 Å². The van der Waals surface area contributed by atoms with E-state index in [2.05, 4.69) is 35.5 Å². The second-order valence-electron chi connectivity index (χ2n) is 9.65. The number of amides is 2. The molecule has 2 heterocycles. The fourth-order valence-electron chi connectivity index (χ4n) is 5.36. The number of allylic oxidation sites excluding steroid dienone is 1. The molecule has 2 aromatic heterocycles. The first-order valence-electron chi connectivity index (χ1n) is 11.2. The molecule has 0 saturated heterocycles. The van der Waals surface area contributed by atoms with Crippen LogP contribution in [0.2, 0.25) is 0 Å². The summed E-state index contributed by atoms with van der Waals surface area (Å²) in [5.41, 5.74) is 3.05. The predicted octanol–water partition coefficient (Wildman–Crippen LogP) is 4.70. The van der Waals surface area contributed by atoms with Gasteiger partial charge in [-0.25, -0.2) is 4.98 Å². The van der Waals surface area contributed by atoms with Crippen LogP contribution in [0.25, 0.3) is 0 Å². The van der Waals surface area contributed by atoms with Crippen LogP contribution >= 0.6 is 22.7 Å². The van der Waals surface area contributed by atoms with Crippen LogP contribution in [0.15, 0.2) is 28.5 Å². The van der Waals surface area contributed by atoms with Crippen LogP contribution in [0.1, 0.15) is 65.3 Å². The van der Waals surface area contributed by atoms with Crippen LogP contribution in [0.3, 0.4) is 0 Å². The molecule has 6 nitrogen and oxygen atoms in total. The zero-order chi connectivity index (χ0) is 22.5. The highest BCUT2D eigenvalue weighted by Crippen LogP contribution is 2.59. The van der Waals surface area contributed by atoms with Crippen LogP contribution in [0.5, 0.6) is 0 Å². The SMILES string of the molecule is CC1(C)[C@H]2CC=C(CCNC(=O)C3CC(=O)c4sc(NC(=O)c5ccsc5)nc4C3)[C@@H]1C2. The number of thiophene rings is 1. The predicted molar refractivity (Wildman–Crippen MR) is 126 cm³/mol. The molecule has 4 aliphatic rings. The normalized spacial score (nSPS) is 25.4. The Balaban J connectivity index is 1.17. The number of ketones is 1. The topological polar surface area (TPSA) is 88.2 Å². The molecule has 6 rings (SSSR count). The lowest BCUT2D eigenvalue weighted by atomic mass is 9.48. The molecule has 0 spiro atoms. The number of nitrogens with one attached hydrogen (secondary N) is 2. The zero-order valence-corrected chi connectivity index (χ0v) is 19.9. The molecule has 2 aromatic rings. The molecule has 1 unspecified atom stereocenters. The third-order valence-corrected chi connectivity index (χ3v) is 9.23. The minimum absolute atomic E-state index is 0.0721. The maximum absolute atomic E-state index is 12.8. The van der Waals surface area contributed by atoms with E-state index < -0.39 is 5.92 Å². The Labute approximate surface area is 195 Å². The van der Waals surface area contributed by atoms with Gasteiger partial charge in [-0.1, -0.05) is 36.8 Å². The fraction of sp³-hybridized carbons (Fsp3) is 0.500. The maximum Gasteiger partial charge on any atom is 0.258 e. The van der Waals surface area contributed by atoms with E-state index in [1.165, 1.54) is 34.7 Å². The largest absolute Gasteiger partial charge is 0.356 e. The Bertz CT molecular complexity index is 1100. The molecule has 3 atom stereocenters.